The van der Waals surface area contributed by atoms with Crippen molar-refractivity contribution in [2.24, 2.45) is 0 Å². The molecule has 0 saturated heterocycles. The van der Waals surface area contributed by atoms with Crippen molar-refractivity contribution in [3.8, 4) is 39.6 Å². The Morgan fingerprint density at radius 2 is 1.75 bits per heavy atom. The van der Waals surface area contributed by atoms with Crippen LogP contribution in [0.2, 0.25) is 0 Å². The third-order valence-electron chi connectivity index (χ3n) is 8.39. The van der Waals surface area contributed by atoms with Crippen molar-refractivity contribution in [1.82, 2.24) is 19.9 Å². The molecule has 5 aromatic rings. The molecule has 7 nitrogen and oxygen atoms in total. The molecule has 2 aromatic heterocycles. The first-order valence-electron chi connectivity index (χ1n) is 15.0. The van der Waals surface area contributed by atoms with E-state index in [-0.39, 0.29) is 0 Å². The number of nitrogens with one attached hydrogen (secondary N) is 2. The molecule has 1 fully saturated rings. The lowest BCUT2D eigenvalue weighted by Gasteiger charge is -2.42. The Kier molecular flexibility index (Phi) is 6.53. The SMILES string of the molecule is Cc1ccccc1-c1nc2n(c1-c1ccc(C3(OC(=O)NC(C)(C)C)CCC3)c(F)c1)-c1cccnc1Nc1ccccc1-2. The van der Waals surface area contributed by atoms with Crippen LogP contribution in [0.15, 0.2) is 85.1 Å². The number of imidazole rings is 1. The molecular weight excluding hydrogens is 553 g/mol. The number of nitrogens with zero attached hydrogens (tertiary/aromatic N) is 3. The number of aromatic nitrogens is 3. The molecule has 8 heteroatoms. The van der Waals surface area contributed by atoms with Gasteiger partial charge in [-0.25, -0.2) is 19.2 Å². The number of rotatable bonds is 4. The summed E-state index contributed by atoms with van der Waals surface area (Å²) >= 11 is 0. The van der Waals surface area contributed by atoms with Crippen LogP contribution >= 0.6 is 0 Å². The summed E-state index contributed by atoms with van der Waals surface area (Å²) in [6.07, 6.45) is 3.20. The predicted octanol–water partition coefficient (Wildman–Crippen LogP) is 8.68. The second-order valence-electron chi connectivity index (χ2n) is 12.6. The monoisotopic (exact) mass is 587 g/mol. The lowest BCUT2D eigenvalue weighted by atomic mass is 9.74. The molecule has 1 aliphatic carbocycles. The Morgan fingerprint density at radius 3 is 2.45 bits per heavy atom. The van der Waals surface area contributed by atoms with Crippen LogP contribution in [0.4, 0.5) is 20.7 Å². The Bertz CT molecular complexity index is 1920. The number of hydrogen-bond acceptors (Lipinski definition) is 5. The minimum Gasteiger partial charge on any atom is -0.438 e. The summed E-state index contributed by atoms with van der Waals surface area (Å²) in [5.74, 6) is 0.989. The molecule has 1 aliphatic heterocycles. The fourth-order valence-electron chi connectivity index (χ4n) is 6.18. The van der Waals surface area contributed by atoms with Gasteiger partial charge >= 0.3 is 6.09 Å². The van der Waals surface area contributed by atoms with Crippen LogP contribution in [0.5, 0.6) is 0 Å². The summed E-state index contributed by atoms with van der Waals surface area (Å²) in [6, 6.07) is 25.2. The summed E-state index contributed by atoms with van der Waals surface area (Å²) in [6.45, 7) is 7.72. The second-order valence-corrected chi connectivity index (χ2v) is 12.6. The van der Waals surface area contributed by atoms with Crippen LogP contribution in [0.1, 0.15) is 51.2 Å². The highest BCUT2D eigenvalue weighted by Gasteiger charge is 2.45. The van der Waals surface area contributed by atoms with Crippen LogP contribution in [-0.4, -0.2) is 26.2 Å². The van der Waals surface area contributed by atoms with Crippen molar-refractivity contribution in [1.29, 1.82) is 0 Å². The molecular formula is C36H34FN5O2. The Labute approximate surface area is 256 Å². The van der Waals surface area contributed by atoms with Gasteiger partial charge in [0.1, 0.15) is 17.2 Å². The van der Waals surface area contributed by atoms with E-state index < -0.39 is 23.1 Å². The van der Waals surface area contributed by atoms with Crippen molar-refractivity contribution in [3.63, 3.8) is 0 Å². The van der Waals surface area contributed by atoms with Gasteiger partial charge in [-0.3, -0.25) is 4.57 Å². The van der Waals surface area contributed by atoms with Gasteiger partial charge in [-0.05, 0) is 82.9 Å². The Hall–Kier alpha value is -4.98. The fourth-order valence-corrected chi connectivity index (χ4v) is 6.18. The number of carbonyl (C=O) groups excluding carboxylic acids is 1. The lowest BCUT2D eigenvalue weighted by Crippen LogP contribution is -2.47. The molecule has 1 amide bonds. The molecule has 0 unspecified atom stereocenters. The third kappa shape index (κ3) is 4.71. The number of hydrogen-bond donors (Lipinski definition) is 2. The molecule has 3 aromatic carbocycles. The number of aryl methyl sites for hydroxylation is 1. The number of carbonyl (C=O) groups is 1. The van der Waals surface area contributed by atoms with Crippen LogP contribution in [0.3, 0.4) is 0 Å². The molecule has 1 saturated carbocycles. The van der Waals surface area contributed by atoms with Gasteiger partial charge in [-0.1, -0.05) is 48.5 Å². The van der Waals surface area contributed by atoms with Crippen molar-refractivity contribution in [2.45, 2.75) is 58.1 Å². The van der Waals surface area contributed by atoms with E-state index in [2.05, 4.69) is 33.2 Å². The lowest BCUT2D eigenvalue weighted by molar-refractivity contribution is -0.0572. The first-order chi connectivity index (χ1) is 21.1. The Morgan fingerprint density at radius 1 is 1.00 bits per heavy atom. The van der Waals surface area contributed by atoms with Gasteiger partial charge in [0.2, 0.25) is 0 Å². The highest BCUT2D eigenvalue weighted by Crippen LogP contribution is 2.48. The van der Waals surface area contributed by atoms with E-state index in [0.717, 1.165) is 51.7 Å². The molecule has 2 aliphatic rings. The molecule has 7 rings (SSSR count). The first kappa shape index (κ1) is 27.8. The normalized spacial score (nSPS) is 14.7. The number of anilines is 2. The van der Waals surface area contributed by atoms with Gasteiger partial charge in [-0.15, -0.1) is 0 Å². The zero-order valence-corrected chi connectivity index (χ0v) is 25.2. The van der Waals surface area contributed by atoms with Crippen LogP contribution in [-0.2, 0) is 10.3 Å². The number of ether oxygens (including phenoxy) is 1. The molecule has 0 radical (unpaired) electrons. The number of alkyl carbamates (subject to hydrolysis) is 1. The highest BCUT2D eigenvalue weighted by molar-refractivity contribution is 5.91. The predicted molar refractivity (Wildman–Crippen MR) is 171 cm³/mol. The maximum atomic E-state index is 16.3. The van der Waals surface area contributed by atoms with Gasteiger partial charge in [0.15, 0.2) is 5.82 Å². The quantitative estimate of drug-likeness (QED) is 0.216. The zero-order valence-electron chi connectivity index (χ0n) is 25.2. The number of fused-ring (bicyclic) bond motifs is 5. The van der Waals surface area contributed by atoms with E-state index in [9.17, 15) is 4.79 Å². The van der Waals surface area contributed by atoms with Gasteiger partial charge < -0.3 is 15.4 Å². The summed E-state index contributed by atoms with van der Waals surface area (Å²) in [4.78, 5) is 22.7. The second kappa shape index (κ2) is 10.3. The Balaban J connectivity index is 1.43. The standard InChI is InChI=1S/C36H34FN5O2/c1-22-11-5-6-12-24(22)30-31(42-29-15-9-20-38-32(29)39-28-14-8-7-13-25(28)33(42)40-30)23-16-17-26(27(37)21-23)36(18-10-19-36)44-34(43)41-35(2,3)4/h5-9,11-17,20-21H,10,18-19H2,1-4H3,(H,38,39)(H,41,43). The number of halogens is 1. The topological polar surface area (TPSA) is 81.1 Å². The fraction of sp³-hybridized carbons (Fsp3) is 0.250. The molecule has 2 N–H and O–H groups in total. The molecule has 0 bridgehead atoms. The van der Waals surface area contributed by atoms with Crippen LogP contribution in [0, 0.1) is 12.7 Å². The molecule has 0 atom stereocenters. The summed E-state index contributed by atoms with van der Waals surface area (Å²) in [5, 5.41) is 6.32. The average Bonchev–Trinajstić information content (AvgIpc) is 3.29. The van der Waals surface area contributed by atoms with E-state index in [0.29, 0.717) is 29.8 Å². The van der Waals surface area contributed by atoms with Gasteiger partial charge in [-0.2, -0.15) is 0 Å². The molecule has 3 heterocycles. The number of para-hydroxylation sites is 1. The summed E-state index contributed by atoms with van der Waals surface area (Å²) < 4.78 is 24.3. The molecule has 44 heavy (non-hydrogen) atoms. The van der Waals surface area contributed by atoms with Gasteiger partial charge in [0.25, 0.3) is 0 Å². The van der Waals surface area contributed by atoms with Crippen molar-refractivity contribution in [2.75, 3.05) is 5.32 Å². The molecule has 0 spiro atoms. The molecule has 222 valence electrons. The van der Waals surface area contributed by atoms with Gasteiger partial charge in [0, 0.05) is 34.0 Å². The zero-order chi connectivity index (χ0) is 30.6. The van der Waals surface area contributed by atoms with Crippen molar-refractivity contribution < 1.29 is 13.9 Å². The van der Waals surface area contributed by atoms with Crippen LogP contribution < -0.4 is 10.6 Å². The van der Waals surface area contributed by atoms with Crippen molar-refractivity contribution >= 4 is 17.6 Å². The smallest absolute Gasteiger partial charge is 0.408 e. The maximum absolute atomic E-state index is 16.3. The largest absolute Gasteiger partial charge is 0.438 e. The van der Waals surface area contributed by atoms with Crippen LogP contribution in [0.25, 0.3) is 39.6 Å². The average molecular weight is 588 g/mol. The van der Waals surface area contributed by atoms with Crippen molar-refractivity contribution in [3.05, 3.63) is 102 Å². The number of pyridine rings is 1. The van der Waals surface area contributed by atoms with E-state index in [1.165, 1.54) is 0 Å². The number of benzene rings is 3. The van der Waals surface area contributed by atoms with Gasteiger partial charge in [0.05, 0.1) is 22.8 Å². The summed E-state index contributed by atoms with van der Waals surface area (Å²) in [7, 11) is 0. The van der Waals surface area contributed by atoms with E-state index >= 15 is 4.39 Å². The van der Waals surface area contributed by atoms with E-state index in [1.54, 1.807) is 18.3 Å². The number of amides is 1. The maximum Gasteiger partial charge on any atom is 0.408 e. The minimum atomic E-state index is -0.996. The summed E-state index contributed by atoms with van der Waals surface area (Å²) in [5.41, 5.74) is 5.71. The van der Waals surface area contributed by atoms with E-state index in [1.807, 2.05) is 81.4 Å². The minimum absolute atomic E-state index is 0.388. The van der Waals surface area contributed by atoms with E-state index in [4.69, 9.17) is 9.72 Å². The highest BCUT2D eigenvalue weighted by atomic mass is 19.1. The third-order valence-corrected chi connectivity index (χ3v) is 8.39. The first-order valence-corrected chi connectivity index (χ1v) is 15.0.